The average molecular weight is 931 g/mol. The standard InChI is InChI=1S/C67H55BN2O2/c1-42-38-61-65-62(39-42)70(50-34-28-46(29-35-50)52-21-13-23-56-54-19-9-11-25-64(54)72-67(52)56)60-41-48(44-16-6-3-7-17-44)30-36-57(60)68(65)58-40-47(43-14-4-2-5-15-43)31-37-59(58)69(61)49-32-26-45(27-33-49)51-20-12-22-55-53-18-8-10-24-63(53)71-66(51)55/h8-13,18-41,43-44H,2-7,14-17H2,1H3. The van der Waals surface area contributed by atoms with Gasteiger partial charge < -0.3 is 18.6 Å². The number of hydrogen-bond donors (Lipinski definition) is 0. The number of para-hydroxylation sites is 4. The van der Waals surface area contributed by atoms with Crippen LogP contribution in [0.25, 0.3) is 66.1 Å². The van der Waals surface area contributed by atoms with E-state index in [1.54, 1.807) is 0 Å². The third kappa shape index (κ3) is 6.59. The zero-order valence-corrected chi connectivity index (χ0v) is 40.8. The van der Waals surface area contributed by atoms with Crippen molar-refractivity contribution >= 4 is 101 Å². The summed E-state index contributed by atoms with van der Waals surface area (Å²) in [5.41, 5.74) is 24.1. The zero-order valence-electron chi connectivity index (χ0n) is 40.8. The fourth-order valence-corrected chi connectivity index (χ4v) is 13.6. The van der Waals surface area contributed by atoms with Crippen molar-refractivity contribution in [3.63, 3.8) is 0 Å². The van der Waals surface area contributed by atoms with Crippen LogP contribution in [0.2, 0.25) is 0 Å². The first kappa shape index (κ1) is 42.0. The van der Waals surface area contributed by atoms with Crippen molar-refractivity contribution in [2.75, 3.05) is 9.80 Å². The van der Waals surface area contributed by atoms with Gasteiger partial charge in [-0.25, -0.2) is 0 Å². The number of fused-ring (bicyclic) bond motifs is 10. The molecule has 2 fully saturated rings. The Balaban J connectivity index is 0.915. The monoisotopic (exact) mass is 930 g/mol. The maximum Gasteiger partial charge on any atom is 0.252 e. The Morgan fingerprint density at radius 3 is 1.44 bits per heavy atom. The first-order valence-corrected chi connectivity index (χ1v) is 26.7. The number of benzene rings is 9. The summed E-state index contributed by atoms with van der Waals surface area (Å²) in [4.78, 5) is 5.19. The second-order valence-electron chi connectivity index (χ2n) is 21.3. The normalized spacial score (nSPS) is 15.9. The Hall–Kier alpha value is -7.76. The lowest BCUT2D eigenvalue weighted by Crippen LogP contribution is -2.61. The number of nitrogens with zero attached hydrogens (tertiary/aromatic N) is 2. The van der Waals surface area contributed by atoms with E-state index in [-0.39, 0.29) is 6.71 Å². The first-order valence-electron chi connectivity index (χ1n) is 26.7. The molecular weight excluding hydrogens is 876 g/mol. The van der Waals surface area contributed by atoms with Gasteiger partial charge in [-0.15, -0.1) is 0 Å². The topological polar surface area (TPSA) is 32.8 Å². The molecule has 4 heterocycles. The van der Waals surface area contributed by atoms with Crippen molar-refractivity contribution < 1.29 is 8.83 Å². The smallest absolute Gasteiger partial charge is 0.252 e. The Morgan fingerprint density at radius 1 is 0.403 bits per heavy atom. The number of hydrogen-bond acceptors (Lipinski definition) is 4. The molecule has 0 bridgehead atoms. The maximum atomic E-state index is 6.57. The molecule has 4 aliphatic rings. The van der Waals surface area contributed by atoms with E-state index in [0.29, 0.717) is 11.8 Å². The maximum absolute atomic E-state index is 6.57. The molecular formula is C67H55BN2O2. The van der Waals surface area contributed by atoms with E-state index < -0.39 is 0 Å². The molecule has 72 heavy (non-hydrogen) atoms. The van der Waals surface area contributed by atoms with Crippen molar-refractivity contribution in [2.24, 2.45) is 0 Å². The van der Waals surface area contributed by atoms with Gasteiger partial charge in [0.15, 0.2) is 0 Å². The van der Waals surface area contributed by atoms with E-state index in [4.69, 9.17) is 8.83 Å². The van der Waals surface area contributed by atoms with Crippen LogP contribution >= 0.6 is 0 Å². The van der Waals surface area contributed by atoms with E-state index in [1.165, 1.54) is 126 Å². The average Bonchev–Trinajstić information content (AvgIpc) is 4.03. The summed E-state index contributed by atoms with van der Waals surface area (Å²) in [5, 5.41) is 4.61. The fourth-order valence-electron chi connectivity index (χ4n) is 13.6. The van der Waals surface area contributed by atoms with E-state index in [9.17, 15) is 0 Å². The molecule has 5 heteroatoms. The van der Waals surface area contributed by atoms with Gasteiger partial charge >= 0.3 is 0 Å². The molecule has 0 unspecified atom stereocenters. The molecule has 2 aromatic heterocycles. The van der Waals surface area contributed by atoms with Crippen molar-refractivity contribution in [3.8, 4) is 22.3 Å². The Labute approximate surface area is 421 Å². The van der Waals surface area contributed by atoms with E-state index in [1.807, 2.05) is 0 Å². The molecule has 0 radical (unpaired) electrons. The Kier molecular flexibility index (Phi) is 9.72. The predicted octanol–water partition coefficient (Wildman–Crippen LogP) is 17.3. The van der Waals surface area contributed by atoms with Crippen LogP contribution < -0.4 is 26.2 Å². The van der Waals surface area contributed by atoms with E-state index >= 15 is 0 Å². The minimum atomic E-state index is 0.0759. The second kappa shape index (κ2) is 16.7. The summed E-state index contributed by atoms with van der Waals surface area (Å²) in [7, 11) is 0. The van der Waals surface area contributed by atoms with Gasteiger partial charge in [0.25, 0.3) is 6.71 Å². The highest BCUT2D eigenvalue weighted by molar-refractivity contribution is 7.00. The highest BCUT2D eigenvalue weighted by Crippen LogP contribution is 2.48. The molecule has 0 amide bonds. The first-order chi connectivity index (χ1) is 35.6. The lowest BCUT2D eigenvalue weighted by Gasteiger charge is -2.45. The van der Waals surface area contributed by atoms with Crippen LogP contribution in [0.3, 0.4) is 0 Å². The molecule has 15 rings (SSSR count). The Morgan fingerprint density at radius 2 is 0.889 bits per heavy atom. The van der Waals surface area contributed by atoms with Gasteiger partial charge in [-0.1, -0.05) is 160 Å². The summed E-state index contributed by atoms with van der Waals surface area (Å²) in [6.07, 6.45) is 13.0. The summed E-state index contributed by atoms with van der Waals surface area (Å²) >= 11 is 0. The Bertz CT molecular complexity index is 3930. The minimum absolute atomic E-state index is 0.0759. The van der Waals surface area contributed by atoms with Gasteiger partial charge in [0.1, 0.15) is 22.3 Å². The quantitative estimate of drug-likeness (QED) is 0.156. The fraction of sp³-hybridized carbons (Fsp3) is 0.194. The van der Waals surface area contributed by atoms with Crippen LogP contribution in [-0.2, 0) is 0 Å². The third-order valence-corrected chi connectivity index (χ3v) is 17.1. The van der Waals surface area contributed by atoms with Crippen LogP contribution in [-0.4, -0.2) is 6.71 Å². The number of furan rings is 2. The second-order valence-corrected chi connectivity index (χ2v) is 21.3. The molecule has 0 saturated heterocycles. The van der Waals surface area contributed by atoms with Gasteiger partial charge in [0, 0.05) is 66.8 Å². The van der Waals surface area contributed by atoms with Gasteiger partial charge in [0.2, 0.25) is 0 Å². The number of anilines is 6. The van der Waals surface area contributed by atoms with E-state index in [0.717, 1.165) is 71.8 Å². The van der Waals surface area contributed by atoms with Gasteiger partial charge in [-0.2, -0.15) is 0 Å². The third-order valence-electron chi connectivity index (χ3n) is 17.1. The molecule has 11 aromatic rings. The summed E-state index contributed by atoms with van der Waals surface area (Å²) in [6.45, 7) is 2.36. The molecule has 9 aromatic carbocycles. The predicted molar refractivity (Wildman–Crippen MR) is 302 cm³/mol. The molecule has 2 aliphatic carbocycles. The van der Waals surface area contributed by atoms with Crippen LogP contribution in [0.4, 0.5) is 34.1 Å². The summed E-state index contributed by atoms with van der Waals surface area (Å²) in [6, 6.07) is 68.5. The SMILES string of the molecule is Cc1cc2c3c(c1)N(c1ccc(-c4cccc5c4oc4ccccc45)cc1)c1cc(C4CCCCC4)ccc1B3c1cc(C3CCCCC3)ccc1N2c1ccc(-c2cccc3c2oc2ccccc23)cc1. The van der Waals surface area contributed by atoms with Gasteiger partial charge in [-0.05, 0) is 149 Å². The van der Waals surface area contributed by atoms with Crippen LogP contribution in [0, 0.1) is 6.92 Å². The summed E-state index contributed by atoms with van der Waals surface area (Å²) < 4.78 is 13.1. The summed E-state index contributed by atoms with van der Waals surface area (Å²) in [5.74, 6) is 1.18. The molecule has 2 saturated carbocycles. The highest BCUT2D eigenvalue weighted by Gasteiger charge is 2.44. The number of rotatable bonds is 6. The van der Waals surface area contributed by atoms with Crippen molar-refractivity contribution in [1.29, 1.82) is 0 Å². The molecule has 0 spiro atoms. The van der Waals surface area contributed by atoms with Crippen LogP contribution in [0.5, 0.6) is 0 Å². The van der Waals surface area contributed by atoms with Crippen molar-refractivity contribution in [3.05, 3.63) is 199 Å². The zero-order chi connectivity index (χ0) is 47.4. The van der Waals surface area contributed by atoms with Crippen LogP contribution in [0.15, 0.2) is 191 Å². The molecule has 4 nitrogen and oxygen atoms in total. The molecule has 2 aliphatic heterocycles. The lowest BCUT2D eigenvalue weighted by atomic mass is 9.33. The van der Waals surface area contributed by atoms with Crippen molar-refractivity contribution in [2.45, 2.75) is 83.0 Å². The number of aryl methyl sites for hydroxylation is 1. The molecule has 0 N–H and O–H groups in total. The minimum Gasteiger partial charge on any atom is -0.455 e. The van der Waals surface area contributed by atoms with Gasteiger partial charge in [0.05, 0.1) is 0 Å². The van der Waals surface area contributed by atoms with Crippen LogP contribution in [0.1, 0.15) is 92.7 Å². The van der Waals surface area contributed by atoms with E-state index in [2.05, 4.69) is 199 Å². The van der Waals surface area contributed by atoms with Gasteiger partial charge in [-0.3, -0.25) is 0 Å². The largest absolute Gasteiger partial charge is 0.455 e. The molecule has 0 atom stereocenters. The molecule has 348 valence electrons. The van der Waals surface area contributed by atoms with Crippen molar-refractivity contribution in [1.82, 2.24) is 0 Å². The highest BCUT2D eigenvalue weighted by atomic mass is 16.3. The lowest BCUT2D eigenvalue weighted by molar-refractivity contribution is 0.444.